The molecular weight excluding hydrogens is 302 g/mol. The number of carbonyl (C=O) groups excluding carboxylic acids is 2. The van der Waals surface area contributed by atoms with E-state index in [9.17, 15) is 9.59 Å². The fraction of sp³-hybridized carbons (Fsp3) is 0.316. The summed E-state index contributed by atoms with van der Waals surface area (Å²) < 4.78 is 0. The van der Waals surface area contributed by atoms with Crippen LogP contribution in [0.15, 0.2) is 30.6 Å². The van der Waals surface area contributed by atoms with Gasteiger partial charge in [-0.3, -0.25) is 14.6 Å². The van der Waals surface area contributed by atoms with Gasteiger partial charge in [-0.2, -0.15) is 0 Å². The highest BCUT2D eigenvalue weighted by Gasteiger charge is 2.33. The summed E-state index contributed by atoms with van der Waals surface area (Å²) in [6, 6.07) is 5.95. The van der Waals surface area contributed by atoms with Crippen LogP contribution in [0, 0.1) is 6.92 Å². The molecule has 0 bridgehead atoms. The number of nitrogens with one attached hydrogen (secondary N) is 1. The second kappa shape index (κ2) is 5.44. The monoisotopic (exact) mass is 321 g/mol. The van der Waals surface area contributed by atoms with Gasteiger partial charge in [0.25, 0.3) is 5.91 Å². The van der Waals surface area contributed by atoms with Crippen molar-refractivity contribution < 1.29 is 9.59 Å². The lowest BCUT2D eigenvalue weighted by atomic mass is 10.1. The van der Waals surface area contributed by atoms with E-state index >= 15 is 0 Å². The highest BCUT2D eigenvalue weighted by Crippen LogP contribution is 2.39. The standard InChI is InChI=1S/C19H19N3O2/c1-11-3-4-14-13(7-11)10-22(19(14)24)18-9-20-8-16-15(18)5-6-17(16)21-12(2)23/h3-4,7-9,17H,5-6,10H2,1-2H3,(H,21,23). The lowest BCUT2D eigenvalue weighted by molar-refractivity contribution is -0.119. The molecule has 0 spiro atoms. The summed E-state index contributed by atoms with van der Waals surface area (Å²) in [6.07, 6.45) is 5.27. The summed E-state index contributed by atoms with van der Waals surface area (Å²) in [4.78, 5) is 30.3. The lowest BCUT2D eigenvalue weighted by Gasteiger charge is -2.19. The fourth-order valence-electron chi connectivity index (χ4n) is 3.78. The third kappa shape index (κ3) is 2.28. The van der Waals surface area contributed by atoms with Crippen LogP contribution in [0.3, 0.4) is 0 Å². The Morgan fingerprint density at radius 2 is 2.17 bits per heavy atom. The van der Waals surface area contributed by atoms with Gasteiger partial charge in [0.05, 0.1) is 24.5 Å². The Balaban J connectivity index is 1.71. The van der Waals surface area contributed by atoms with Gasteiger partial charge in [0.2, 0.25) is 5.91 Å². The zero-order valence-corrected chi connectivity index (χ0v) is 13.8. The number of pyridine rings is 1. The zero-order valence-electron chi connectivity index (χ0n) is 13.8. The van der Waals surface area contributed by atoms with Gasteiger partial charge in [-0.25, -0.2) is 0 Å². The number of nitrogens with zero attached hydrogens (tertiary/aromatic N) is 2. The molecule has 0 fully saturated rings. The average molecular weight is 321 g/mol. The van der Waals surface area contributed by atoms with E-state index in [-0.39, 0.29) is 17.9 Å². The van der Waals surface area contributed by atoms with Crippen molar-refractivity contribution in [3.63, 3.8) is 0 Å². The molecule has 5 nitrogen and oxygen atoms in total. The van der Waals surface area contributed by atoms with Gasteiger partial charge in [-0.05, 0) is 42.5 Å². The van der Waals surface area contributed by atoms with Crippen LogP contribution in [0.25, 0.3) is 0 Å². The molecule has 0 saturated carbocycles. The van der Waals surface area contributed by atoms with Crippen LogP contribution in [-0.4, -0.2) is 16.8 Å². The first kappa shape index (κ1) is 14.9. The fourth-order valence-corrected chi connectivity index (χ4v) is 3.78. The second-order valence-corrected chi connectivity index (χ2v) is 6.57. The molecule has 1 aromatic heterocycles. The van der Waals surface area contributed by atoms with Crippen molar-refractivity contribution in [2.45, 2.75) is 39.3 Å². The van der Waals surface area contributed by atoms with Crippen molar-refractivity contribution in [1.29, 1.82) is 0 Å². The van der Waals surface area contributed by atoms with Crippen molar-refractivity contribution in [3.05, 3.63) is 58.4 Å². The van der Waals surface area contributed by atoms with Gasteiger partial charge >= 0.3 is 0 Å². The van der Waals surface area contributed by atoms with E-state index in [2.05, 4.69) is 16.4 Å². The first-order valence-electron chi connectivity index (χ1n) is 8.20. The Hall–Kier alpha value is -2.69. The molecule has 1 aliphatic carbocycles. The third-order valence-electron chi connectivity index (χ3n) is 4.86. The second-order valence-electron chi connectivity index (χ2n) is 6.57. The minimum absolute atomic E-state index is 0.00715. The van der Waals surface area contributed by atoms with Crippen LogP contribution >= 0.6 is 0 Å². The number of amides is 2. The van der Waals surface area contributed by atoms with Crippen LogP contribution in [-0.2, 0) is 17.8 Å². The molecule has 2 aromatic rings. The molecule has 0 radical (unpaired) electrons. The van der Waals surface area contributed by atoms with Gasteiger partial charge in [-0.1, -0.05) is 17.7 Å². The van der Waals surface area contributed by atoms with Gasteiger partial charge < -0.3 is 10.2 Å². The maximum absolute atomic E-state index is 12.8. The number of hydrogen-bond donors (Lipinski definition) is 1. The molecule has 1 N–H and O–H groups in total. The minimum atomic E-state index is -0.0432. The molecule has 1 atom stereocenters. The van der Waals surface area contributed by atoms with Gasteiger partial charge in [0.15, 0.2) is 0 Å². The van der Waals surface area contributed by atoms with E-state index in [0.29, 0.717) is 6.54 Å². The Bertz CT molecular complexity index is 860. The molecule has 1 aliphatic heterocycles. The SMILES string of the molecule is CC(=O)NC1CCc2c1cncc2N1Cc2cc(C)ccc2C1=O. The van der Waals surface area contributed by atoms with Gasteiger partial charge in [-0.15, -0.1) is 0 Å². The summed E-state index contributed by atoms with van der Waals surface area (Å²) in [5.41, 5.74) is 6.03. The molecule has 1 unspecified atom stereocenters. The van der Waals surface area contributed by atoms with Crippen molar-refractivity contribution >= 4 is 17.5 Å². The topological polar surface area (TPSA) is 62.3 Å². The molecule has 4 rings (SSSR count). The molecule has 24 heavy (non-hydrogen) atoms. The van der Waals surface area contributed by atoms with Crippen LogP contribution in [0.2, 0.25) is 0 Å². The van der Waals surface area contributed by atoms with E-state index < -0.39 is 0 Å². The number of aromatic nitrogens is 1. The number of benzene rings is 1. The number of anilines is 1. The normalized spacial score (nSPS) is 18.5. The minimum Gasteiger partial charge on any atom is -0.349 e. The molecule has 2 aliphatic rings. The number of rotatable bonds is 2. The lowest BCUT2D eigenvalue weighted by Crippen LogP contribution is -2.26. The Morgan fingerprint density at radius 3 is 2.96 bits per heavy atom. The first-order chi connectivity index (χ1) is 11.5. The van der Waals surface area contributed by atoms with Crippen molar-refractivity contribution in [2.24, 2.45) is 0 Å². The Labute approximate surface area is 140 Å². The number of aryl methyl sites for hydroxylation is 1. The smallest absolute Gasteiger partial charge is 0.258 e. The van der Waals surface area contributed by atoms with Crippen molar-refractivity contribution in [3.8, 4) is 0 Å². The van der Waals surface area contributed by atoms with E-state index in [1.807, 2.05) is 30.2 Å². The molecule has 5 heteroatoms. The predicted molar refractivity (Wildman–Crippen MR) is 90.8 cm³/mol. The predicted octanol–water partition coefficient (Wildman–Crippen LogP) is 2.67. The summed E-state index contributed by atoms with van der Waals surface area (Å²) in [5.74, 6) is -0.0124. The van der Waals surface area contributed by atoms with Crippen molar-refractivity contribution in [2.75, 3.05) is 4.90 Å². The number of hydrogen-bond acceptors (Lipinski definition) is 3. The van der Waals surface area contributed by atoms with Crippen LogP contribution < -0.4 is 10.2 Å². The van der Waals surface area contributed by atoms with Crippen LogP contribution in [0.1, 0.15) is 52.0 Å². The summed E-state index contributed by atoms with van der Waals surface area (Å²) in [6.45, 7) is 4.14. The number of fused-ring (bicyclic) bond motifs is 2. The average Bonchev–Trinajstić information content (AvgIpc) is 3.08. The van der Waals surface area contributed by atoms with Crippen LogP contribution in [0.4, 0.5) is 5.69 Å². The molecule has 0 saturated heterocycles. The first-order valence-corrected chi connectivity index (χ1v) is 8.20. The van der Waals surface area contributed by atoms with Gasteiger partial charge in [0.1, 0.15) is 0 Å². The highest BCUT2D eigenvalue weighted by molar-refractivity contribution is 6.10. The number of carbonyl (C=O) groups is 2. The van der Waals surface area contributed by atoms with E-state index in [0.717, 1.165) is 46.3 Å². The maximum atomic E-state index is 12.8. The highest BCUT2D eigenvalue weighted by atomic mass is 16.2. The maximum Gasteiger partial charge on any atom is 0.258 e. The molecular formula is C19H19N3O2. The quantitative estimate of drug-likeness (QED) is 0.925. The van der Waals surface area contributed by atoms with Crippen molar-refractivity contribution in [1.82, 2.24) is 10.3 Å². The Morgan fingerprint density at radius 1 is 1.33 bits per heavy atom. The zero-order chi connectivity index (χ0) is 16.8. The molecule has 2 amide bonds. The molecule has 1 aromatic carbocycles. The molecule has 122 valence electrons. The molecule has 2 heterocycles. The largest absolute Gasteiger partial charge is 0.349 e. The van der Waals surface area contributed by atoms with E-state index in [4.69, 9.17) is 0 Å². The van der Waals surface area contributed by atoms with E-state index in [1.165, 1.54) is 6.92 Å². The summed E-state index contributed by atoms with van der Waals surface area (Å²) in [5, 5.41) is 2.97. The summed E-state index contributed by atoms with van der Waals surface area (Å²) in [7, 11) is 0. The van der Waals surface area contributed by atoms with Crippen LogP contribution in [0.5, 0.6) is 0 Å². The Kier molecular flexibility index (Phi) is 3.37. The third-order valence-corrected chi connectivity index (χ3v) is 4.86. The summed E-state index contributed by atoms with van der Waals surface area (Å²) >= 11 is 0. The van der Waals surface area contributed by atoms with E-state index in [1.54, 1.807) is 6.20 Å². The van der Waals surface area contributed by atoms with Gasteiger partial charge in [0, 0.05) is 18.7 Å².